The van der Waals surface area contributed by atoms with Crippen molar-refractivity contribution < 1.29 is 38.0 Å². The topological polar surface area (TPSA) is 125 Å². The highest BCUT2D eigenvalue weighted by atomic mass is 31.2. The second-order valence-corrected chi connectivity index (χ2v) is 16.6. The number of unbranched alkanes of at least 4 members (excludes halogenated alkanes) is 22. The molecule has 0 aliphatic carbocycles. The van der Waals surface area contributed by atoms with Gasteiger partial charge in [-0.05, 0) is 19.3 Å². The molecule has 9 nitrogen and oxygen atoms in total. The quantitative estimate of drug-likeness (QED) is 0.0220. The van der Waals surface area contributed by atoms with Crippen LogP contribution in [0.15, 0.2) is 12.2 Å². The lowest BCUT2D eigenvalue weighted by Gasteiger charge is -2.26. The lowest BCUT2D eigenvalue weighted by molar-refractivity contribution is -0.870. The predicted octanol–water partition coefficient (Wildman–Crippen LogP) is 9.38. The summed E-state index contributed by atoms with van der Waals surface area (Å²) in [6.45, 7) is 4.58. The van der Waals surface area contributed by atoms with Crippen LogP contribution in [-0.2, 0) is 18.4 Å². The van der Waals surface area contributed by atoms with Gasteiger partial charge in [0.15, 0.2) is 0 Å². The van der Waals surface area contributed by atoms with Crippen LogP contribution in [-0.4, -0.2) is 84.6 Å². The van der Waals surface area contributed by atoms with Crippen molar-refractivity contribution in [1.29, 1.82) is 0 Å². The Labute approximate surface area is 302 Å². The maximum atomic E-state index is 12.9. The van der Waals surface area contributed by atoms with Crippen LogP contribution < -0.4 is 5.32 Å². The largest absolute Gasteiger partial charge is 0.472 e. The highest BCUT2D eigenvalue weighted by Crippen LogP contribution is 2.43. The van der Waals surface area contributed by atoms with E-state index in [1.165, 1.54) is 116 Å². The number of rotatable bonds is 36. The number of likely N-dealkylation sites (N-methyl/N-ethyl adjacent to an activating group) is 1. The van der Waals surface area contributed by atoms with Crippen molar-refractivity contribution in [2.75, 3.05) is 40.9 Å². The summed E-state index contributed by atoms with van der Waals surface area (Å²) in [6, 6.07) is -1.01. The van der Waals surface area contributed by atoms with Gasteiger partial charge < -0.3 is 24.9 Å². The van der Waals surface area contributed by atoms with E-state index in [0.717, 1.165) is 38.5 Å². The second kappa shape index (κ2) is 31.9. The Morgan fingerprint density at radius 1 is 0.694 bits per heavy atom. The highest BCUT2D eigenvalue weighted by Gasteiger charge is 2.29. The molecule has 0 aromatic carbocycles. The molecule has 0 aromatic heterocycles. The summed E-state index contributed by atoms with van der Waals surface area (Å²) in [6.07, 6.45) is 30.5. The molecule has 0 bridgehead atoms. The Morgan fingerprint density at radius 3 is 1.57 bits per heavy atom. The average molecular weight is 720 g/mol. The molecule has 0 saturated carbocycles. The van der Waals surface area contributed by atoms with Crippen LogP contribution >= 0.6 is 7.82 Å². The number of aliphatic hydroxyl groups excluding tert-OH is 2. The van der Waals surface area contributed by atoms with Crippen molar-refractivity contribution in [3.63, 3.8) is 0 Å². The van der Waals surface area contributed by atoms with Gasteiger partial charge in [-0.25, -0.2) is 4.57 Å². The molecule has 49 heavy (non-hydrogen) atoms. The minimum absolute atomic E-state index is 0.0213. The first-order chi connectivity index (χ1) is 23.4. The molecule has 10 heteroatoms. The van der Waals surface area contributed by atoms with E-state index in [4.69, 9.17) is 9.05 Å². The van der Waals surface area contributed by atoms with Gasteiger partial charge in [0.2, 0.25) is 5.91 Å². The number of allylic oxidation sites excluding steroid dienone is 1. The fraction of sp³-hybridized carbons (Fsp3) is 0.923. The second-order valence-electron chi connectivity index (χ2n) is 15.2. The lowest BCUT2D eigenvalue weighted by atomic mass is 10.0. The molecule has 0 fully saturated rings. The summed E-state index contributed by atoms with van der Waals surface area (Å²) in [5, 5.41) is 24.1. The molecule has 2 unspecified atom stereocenters. The molecule has 4 N–H and O–H groups in total. The molecule has 0 saturated heterocycles. The number of carbonyl (C=O) groups excluding carboxylic acids is 1. The van der Waals surface area contributed by atoms with Gasteiger partial charge in [0, 0.05) is 0 Å². The van der Waals surface area contributed by atoms with Crippen molar-refractivity contribution >= 4 is 13.7 Å². The van der Waals surface area contributed by atoms with Crippen LogP contribution in [0.1, 0.15) is 174 Å². The molecule has 1 amide bonds. The smallest absolute Gasteiger partial charge is 0.387 e. The molecule has 0 heterocycles. The standard InChI is InChI=1S/C39H79N2O7P/c1-6-8-10-12-14-16-18-20-22-23-25-27-29-31-37(42)36(35-48-49(45,46)47-34-33-41(3,4)5)40-39(44)38(43)32-30-28-26-24-21-19-17-15-13-11-9-7-2/h29,31,36-38,42-43H,6-28,30,32-35H2,1-5H3,(H-,40,44,45,46)/p+1/b31-29+/t36-,37+,38?/m0/s1. The molecule has 0 aliphatic heterocycles. The van der Waals surface area contributed by atoms with E-state index in [-0.39, 0.29) is 6.61 Å². The number of phosphoric acid groups is 1. The number of amides is 1. The Bertz CT molecular complexity index is 837. The first-order valence-corrected chi connectivity index (χ1v) is 21.7. The van der Waals surface area contributed by atoms with E-state index < -0.39 is 38.6 Å². The van der Waals surface area contributed by atoms with Crippen molar-refractivity contribution in [2.24, 2.45) is 0 Å². The zero-order valence-corrected chi connectivity index (χ0v) is 33.4. The van der Waals surface area contributed by atoms with Crippen molar-refractivity contribution in [1.82, 2.24) is 5.32 Å². The van der Waals surface area contributed by atoms with E-state index in [9.17, 15) is 24.5 Å². The Hall–Kier alpha value is -0.800. The van der Waals surface area contributed by atoms with Gasteiger partial charge in [-0.2, -0.15) is 0 Å². The number of aliphatic hydroxyl groups is 2. The molecule has 0 radical (unpaired) electrons. The van der Waals surface area contributed by atoms with E-state index in [2.05, 4.69) is 19.2 Å². The maximum Gasteiger partial charge on any atom is 0.472 e. The first-order valence-electron chi connectivity index (χ1n) is 20.2. The van der Waals surface area contributed by atoms with E-state index >= 15 is 0 Å². The van der Waals surface area contributed by atoms with Crippen molar-refractivity contribution in [3.05, 3.63) is 12.2 Å². The Kier molecular flexibility index (Phi) is 31.4. The zero-order chi connectivity index (χ0) is 36.6. The summed E-state index contributed by atoms with van der Waals surface area (Å²) in [4.78, 5) is 23.1. The lowest BCUT2D eigenvalue weighted by Crippen LogP contribution is -2.49. The number of quaternary nitrogens is 1. The fourth-order valence-electron chi connectivity index (χ4n) is 5.75. The van der Waals surface area contributed by atoms with Crippen LogP contribution in [0.3, 0.4) is 0 Å². The SMILES string of the molecule is CCCCCCCCCCCCC/C=C/[C@@H](O)[C@H](COP(=O)(O)OCC[N+](C)(C)C)NC(=O)C(O)CCCCCCCCCCCCCC. The minimum atomic E-state index is -4.40. The summed E-state index contributed by atoms with van der Waals surface area (Å²) < 4.78 is 23.4. The molecule has 292 valence electrons. The van der Waals surface area contributed by atoms with Crippen LogP contribution in [0.4, 0.5) is 0 Å². The molecule has 0 rings (SSSR count). The summed E-state index contributed by atoms with van der Waals surface area (Å²) >= 11 is 0. The normalized spacial score (nSPS) is 15.3. The van der Waals surface area contributed by atoms with Crippen LogP contribution in [0.5, 0.6) is 0 Å². The minimum Gasteiger partial charge on any atom is -0.387 e. The van der Waals surface area contributed by atoms with Gasteiger partial charge in [-0.15, -0.1) is 0 Å². The number of phosphoric ester groups is 1. The van der Waals surface area contributed by atoms with Crippen LogP contribution in [0.2, 0.25) is 0 Å². The number of carbonyl (C=O) groups is 1. The average Bonchev–Trinajstić information content (AvgIpc) is 3.04. The van der Waals surface area contributed by atoms with Gasteiger partial charge in [-0.1, -0.05) is 167 Å². The Morgan fingerprint density at radius 2 is 1.12 bits per heavy atom. The van der Waals surface area contributed by atoms with Gasteiger partial charge >= 0.3 is 7.82 Å². The maximum absolute atomic E-state index is 12.9. The number of nitrogens with zero attached hydrogens (tertiary/aromatic N) is 1. The summed E-state index contributed by atoms with van der Waals surface area (Å²) in [5.41, 5.74) is 0. The third-order valence-electron chi connectivity index (χ3n) is 9.12. The Balaban J connectivity index is 4.64. The van der Waals surface area contributed by atoms with E-state index in [1.54, 1.807) is 6.08 Å². The highest BCUT2D eigenvalue weighted by molar-refractivity contribution is 7.47. The molecule has 0 spiro atoms. The molecule has 4 atom stereocenters. The monoisotopic (exact) mass is 720 g/mol. The third-order valence-corrected chi connectivity index (χ3v) is 10.1. The molecular formula is C39H80N2O7P+. The number of hydrogen-bond donors (Lipinski definition) is 4. The summed E-state index contributed by atoms with van der Waals surface area (Å²) in [7, 11) is 1.43. The van der Waals surface area contributed by atoms with E-state index in [1.807, 2.05) is 27.2 Å². The first kappa shape index (κ1) is 48.2. The summed E-state index contributed by atoms with van der Waals surface area (Å²) in [5.74, 6) is -0.617. The molecule has 0 aliphatic rings. The zero-order valence-electron chi connectivity index (χ0n) is 32.6. The van der Waals surface area contributed by atoms with Gasteiger partial charge in [0.1, 0.15) is 19.3 Å². The third kappa shape index (κ3) is 32.8. The van der Waals surface area contributed by atoms with Crippen molar-refractivity contribution in [3.8, 4) is 0 Å². The van der Waals surface area contributed by atoms with E-state index in [0.29, 0.717) is 17.4 Å². The fourth-order valence-corrected chi connectivity index (χ4v) is 6.49. The molecular weight excluding hydrogens is 639 g/mol. The number of nitrogens with one attached hydrogen (secondary N) is 1. The van der Waals surface area contributed by atoms with Crippen molar-refractivity contribution in [2.45, 2.75) is 193 Å². The molecule has 0 aromatic rings. The number of hydrogen-bond acceptors (Lipinski definition) is 6. The predicted molar refractivity (Wildman–Crippen MR) is 204 cm³/mol. The van der Waals surface area contributed by atoms with Gasteiger partial charge in [0.25, 0.3) is 0 Å². The van der Waals surface area contributed by atoms with Gasteiger partial charge in [0.05, 0.1) is 39.9 Å². The van der Waals surface area contributed by atoms with Crippen LogP contribution in [0.25, 0.3) is 0 Å². The van der Waals surface area contributed by atoms with Gasteiger partial charge in [-0.3, -0.25) is 13.8 Å². The van der Waals surface area contributed by atoms with Crippen LogP contribution in [0, 0.1) is 0 Å².